The molecule has 2 rings (SSSR count). The Morgan fingerprint density at radius 2 is 1.77 bits per heavy atom. The van der Waals surface area contributed by atoms with Gasteiger partial charge in [0, 0.05) is 18.8 Å². The third-order valence-corrected chi connectivity index (χ3v) is 6.46. The van der Waals surface area contributed by atoms with Crippen LogP contribution in [-0.2, 0) is 4.79 Å². The van der Waals surface area contributed by atoms with E-state index >= 15 is 0 Å². The van der Waals surface area contributed by atoms with Gasteiger partial charge in [0.2, 0.25) is 0 Å². The summed E-state index contributed by atoms with van der Waals surface area (Å²) in [5, 5.41) is 16.8. The molecule has 0 radical (unpaired) electrons. The van der Waals surface area contributed by atoms with Gasteiger partial charge in [0.1, 0.15) is 6.04 Å². The summed E-state index contributed by atoms with van der Waals surface area (Å²) >= 11 is 13.8. The second-order valence-electron chi connectivity index (χ2n) is 7.19. The number of aliphatic imine (C=N–C) groups is 1. The number of amides is 1. The SMILES string of the molecule is O=C(NC(CCCCCCCCNC1=NCCCS1)C(=O)O)c1c(Cl)cccc1Cl. The predicted octanol–water partition coefficient (Wildman–Crippen LogP) is 4.99. The van der Waals surface area contributed by atoms with Crippen LogP contribution in [0.5, 0.6) is 0 Å². The Morgan fingerprint density at radius 3 is 2.40 bits per heavy atom. The highest BCUT2D eigenvalue weighted by Crippen LogP contribution is 2.24. The van der Waals surface area contributed by atoms with Crippen molar-refractivity contribution in [1.29, 1.82) is 0 Å². The van der Waals surface area contributed by atoms with Crippen LogP contribution in [0.3, 0.4) is 0 Å². The molecule has 1 amide bonds. The quantitative estimate of drug-likeness (QED) is 0.372. The van der Waals surface area contributed by atoms with Gasteiger partial charge in [-0.1, -0.05) is 73.1 Å². The van der Waals surface area contributed by atoms with Crippen LogP contribution < -0.4 is 10.6 Å². The molecule has 166 valence electrons. The molecule has 0 fully saturated rings. The molecule has 0 aliphatic carbocycles. The molecule has 6 nitrogen and oxygen atoms in total. The average molecular weight is 474 g/mol. The van der Waals surface area contributed by atoms with Gasteiger partial charge < -0.3 is 15.7 Å². The fourth-order valence-corrected chi connectivity index (χ4v) is 4.57. The monoisotopic (exact) mass is 473 g/mol. The van der Waals surface area contributed by atoms with E-state index in [0.717, 1.165) is 69.0 Å². The normalized spacial score (nSPS) is 14.7. The standard InChI is InChI=1S/C21H29Cl2N3O3S/c22-15-9-7-10-16(23)18(15)19(27)26-17(20(28)29)11-5-3-1-2-4-6-12-24-21-25-13-8-14-30-21/h7,9-10,17H,1-6,8,11-14H2,(H,24,25)(H,26,27)(H,28,29). The molecule has 0 saturated carbocycles. The maximum atomic E-state index is 12.4. The van der Waals surface area contributed by atoms with E-state index < -0.39 is 17.9 Å². The number of carboxylic acids is 1. The van der Waals surface area contributed by atoms with Crippen molar-refractivity contribution in [2.24, 2.45) is 4.99 Å². The lowest BCUT2D eigenvalue weighted by atomic mass is 10.0. The first-order valence-electron chi connectivity index (χ1n) is 10.4. The summed E-state index contributed by atoms with van der Waals surface area (Å²) in [5.41, 5.74) is 0.110. The number of amidine groups is 1. The van der Waals surface area contributed by atoms with Crippen LogP contribution in [0.2, 0.25) is 10.0 Å². The lowest BCUT2D eigenvalue weighted by Gasteiger charge is -2.15. The predicted molar refractivity (Wildman–Crippen MR) is 125 cm³/mol. The molecule has 30 heavy (non-hydrogen) atoms. The molecular weight excluding hydrogens is 445 g/mol. The van der Waals surface area contributed by atoms with Crippen molar-refractivity contribution in [3.8, 4) is 0 Å². The molecule has 1 aliphatic rings. The largest absolute Gasteiger partial charge is 0.480 e. The summed E-state index contributed by atoms with van der Waals surface area (Å²) in [7, 11) is 0. The number of nitrogens with one attached hydrogen (secondary N) is 2. The molecular formula is C21H29Cl2N3O3S. The van der Waals surface area contributed by atoms with Gasteiger partial charge in [0.05, 0.1) is 15.6 Å². The highest BCUT2D eigenvalue weighted by Gasteiger charge is 2.22. The van der Waals surface area contributed by atoms with E-state index in [0.29, 0.717) is 6.42 Å². The number of benzene rings is 1. The zero-order valence-electron chi connectivity index (χ0n) is 17.0. The summed E-state index contributed by atoms with van der Waals surface area (Å²) in [4.78, 5) is 28.3. The highest BCUT2D eigenvalue weighted by atomic mass is 35.5. The van der Waals surface area contributed by atoms with Crippen LogP contribution in [0.1, 0.15) is 61.7 Å². The van der Waals surface area contributed by atoms with Gasteiger partial charge in [0.25, 0.3) is 5.91 Å². The van der Waals surface area contributed by atoms with E-state index in [1.807, 2.05) is 0 Å². The number of nitrogens with zero attached hydrogens (tertiary/aromatic N) is 1. The van der Waals surface area contributed by atoms with Gasteiger partial charge in [-0.3, -0.25) is 9.79 Å². The average Bonchev–Trinajstić information content (AvgIpc) is 2.72. The summed E-state index contributed by atoms with van der Waals surface area (Å²) < 4.78 is 0. The summed E-state index contributed by atoms with van der Waals surface area (Å²) in [6.45, 7) is 1.88. The second kappa shape index (κ2) is 13.8. The summed E-state index contributed by atoms with van der Waals surface area (Å²) in [6, 6.07) is 3.78. The number of thioether (sulfide) groups is 1. The van der Waals surface area contributed by atoms with Crippen LogP contribution >= 0.6 is 35.0 Å². The Kier molecular flexibility index (Phi) is 11.4. The minimum absolute atomic E-state index is 0.110. The van der Waals surface area contributed by atoms with E-state index in [-0.39, 0.29) is 15.6 Å². The van der Waals surface area contributed by atoms with E-state index in [2.05, 4.69) is 15.6 Å². The van der Waals surface area contributed by atoms with Crippen LogP contribution in [0.25, 0.3) is 0 Å². The molecule has 1 aliphatic heterocycles. The smallest absolute Gasteiger partial charge is 0.326 e. The fourth-order valence-electron chi connectivity index (χ4n) is 3.14. The van der Waals surface area contributed by atoms with Gasteiger partial charge >= 0.3 is 5.97 Å². The Labute approximate surface area is 192 Å². The zero-order valence-corrected chi connectivity index (χ0v) is 19.3. The van der Waals surface area contributed by atoms with E-state index in [4.69, 9.17) is 23.2 Å². The first kappa shape index (κ1) is 24.8. The second-order valence-corrected chi connectivity index (χ2v) is 9.08. The van der Waals surface area contributed by atoms with Gasteiger partial charge in [-0.25, -0.2) is 4.79 Å². The molecule has 1 aromatic rings. The van der Waals surface area contributed by atoms with Crippen molar-refractivity contribution in [1.82, 2.24) is 10.6 Å². The van der Waals surface area contributed by atoms with Crippen LogP contribution in [0.15, 0.2) is 23.2 Å². The van der Waals surface area contributed by atoms with Gasteiger partial charge in [-0.05, 0) is 31.4 Å². The number of aliphatic carboxylic acids is 1. The fraction of sp³-hybridized carbons (Fsp3) is 0.571. The molecule has 1 atom stereocenters. The lowest BCUT2D eigenvalue weighted by Crippen LogP contribution is -2.41. The topological polar surface area (TPSA) is 90.8 Å². The van der Waals surface area contributed by atoms with Crippen molar-refractivity contribution in [2.75, 3.05) is 18.8 Å². The first-order valence-corrected chi connectivity index (χ1v) is 12.1. The Morgan fingerprint density at radius 1 is 1.10 bits per heavy atom. The van der Waals surface area contributed by atoms with Crippen LogP contribution in [-0.4, -0.2) is 47.0 Å². The number of carbonyl (C=O) groups is 2. The van der Waals surface area contributed by atoms with Crippen molar-refractivity contribution in [3.05, 3.63) is 33.8 Å². The third-order valence-electron chi connectivity index (χ3n) is 4.79. The van der Waals surface area contributed by atoms with Crippen molar-refractivity contribution >= 4 is 52.0 Å². The van der Waals surface area contributed by atoms with Crippen molar-refractivity contribution < 1.29 is 14.7 Å². The van der Waals surface area contributed by atoms with E-state index in [9.17, 15) is 14.7 Å². The van der Waals surface area contributed by atoms with Gasteiger partial charge in [-0.15, -0.1) is 0 Å². The zero-order chi connectivity index (χ0) is 21.8. The molecule has 1 unspecified atom stereocenters. The molecule has 0 spiro atoms. The van der Waals surface area contributed by atoms with Gasteiger partial charge in [0.15, 0.2) is 5.17 Å². The summed E-state index contributed by atoms with van der Waals surface area (Å²) in [5.74, 6) is -0.470. The number of carboxylic acid groups (broad SMARTS) is 1. The van der Waals surface area contributed by atoms with Crippen molar-refractivity contribution in [3.63, 3.8) is 0 Å². The molecule has 1 aromatic carbocycles. The van der Waals surface area contributed by atoms with E-state index in [1.165, 1.54) is 0 Å². The van der Waals surface area contributed by atoms with Crippen molar-refractivity contribution in [2.45, 2.75) is 57.4 Å². The van der Waals surface area contributed by atoms with Crippen LogP contribution in [0, 0.1) is 0 Å². The Balaban J connectivity index is 1.60. The number of carbonyl (C=O) groups excluding carboxylic acids is 1. The Bertz CT molecular complexity index is 726. The molecule has 0 aromatic heterocycles. The van der Waals surface area contributed by atoms with Gasteiger partial charge in [-0.2, -0.15) is 0 Å². The number of halogens is 2. The third kappa shape index (κ3) is 8.74. The highest BCUT2D eigenvalue weighted by molar-refractivity contribution is 8.13. The summed E-state index contributed by atoms with van der Waals surface area (Å²) in [6.07, 6.45) is 7.60. The molecule has 0 bridgehead atoms. The molecule has 0 saturated heterocycles. The lowest BCUT2D eigenvalue weighted by molar-refractivity contribution is -0.139. The minimum Gasteiger partial charge on any atom is -0.480 e. The van der Waals surface area contributed by atoms with Crippen LogP contribution in [0.4, 0.5) is 0 Å². The molecule has 9 heteroatoms. The maximum Gasteiger partial charge on any atom is 0.326 e. The number of hydrogen-bond acceptors (Lipinski definition) is 5. The number of unbranched alkanes of at least 4 members (excludes halogenated alkanes) is 5. The minimum atomic E-state index is -1.05. The number of hydrogen-bond donors (Lipinski definition) is 3. The number of rotatable bonds is 12. The maximum absolute atomic E-state index is 12.4. The first-order chi connectivity index (χ1) is 14.5. The molecule has 3 N–H and O–H groups in total. The van der Waals surface area contributed by atoms with E-state index in [1.54, 1.807) is 30.0 Å². The molecule has 1 heterocycles. The Hall–Kier alpha value is -1.44.